The zero-order chi connectivity index (χ0) is 24.5. The first-order chi connectivity index (χ1) is 17.7. The lowest BCUT2D eigenvalue weighted by Crippen LogP contribution is -2.19. The summed E-state index contributed by atoms with van der Waals surface area (Å²) in [6, 6.07) is 17.4. The Balaban J connectivity index is 1.65. The van der Waals surface area contributed by atoms with Crippen molar-refractivity contribution in [2.75, 3.05) is 12.4 Å². The topological polar surface area (TPSA) is 97.2 Å². The number of hydrogen-bond donors (Lipinski definition) is 2. The number of H-pyrrole nitrogens is 1. The summed E-state index contributed by atoms with van der Waals surface area (Å²) < 4.78 is 6.81. The highest BCUT2D eigenvalue weighted by Crippen LogP contribution is 2.37. The summed E-state index contributed by atoms with van der Waals surface area (Å²) in [7, 11) is 1.62. The predicted molar refractivity (Wildman–Crippen MR) is 143 cm³/mol. The number of nitrogens with one attached hydrogen (secondary N) is 2. The number of fused-ring (bicyclic) bond motifs is 1. The van der Waals surface area contributed by atoms with Crippen LogP contribution in [-0.2, 0) is 0 Å². The van der Waals surface area contributed by atoms with Crippen molar-refractivity contribution in [1.82, 2.24) is 24.8 Å². The molecule has 5 aromatic rings. The maximum absolute atomic E-state index is 14.1. The number of ether oxygens (including phenoxy) is 1. The molecule has 9 heteroatoms. The van der Waals surface area contributed by atoms with E-state index in [2.05, 4.69) is 26.6 Å². The molecule has 2 N–H and O–H groups in total. The van der Waals surface area contributed by atoms with Crippen molar-refractivity contribution in [2.45, 2.75) is 25.7 Å². The van der Waals surface area contributed by atoms with E-state index in [1.165, 1.54) is 27.8 Å². The molecule has 1 aliphatic rings. The van der Waals surface area contributed by atoms with Crippen molar-refractivity contribution in [1.29, 1.82) is 0 Å². The SMILES string of the molecule is COc1ccc(-c2c(Nc3nncs3)[nH]c3c(C4=CCCCC4)c(-c4ccccc4)nn3c2=O)cc1. The van der Waals surface area contributed by atoms with Gasteiger partial charge in [-0.1, -0.05) is 59.9 Å². The van der Waals surface area contributed by atoms with E-state index in [1.807, 2.05) is 54.6 Å². The number of methoxy groups -OCH3 is 1. The minimum atomic E-state index is -0.222. The van der Waals surface area contributed by atoms with Gasteiger partial charge in [-0.2, -0.15) is 9.61 Å². The first-order valence-electron chi connectivity index (χ1n) is 11.8. The molecule has 8 nitrogen and oxygen atoms in total. The monoisotopic (exact) mass is 496 g/mol. The molecule has 1 aliphatic carbocycles. The Kier molecular flexibility index (Phi) is 5.82. The lowest BCUT2D eigenvalue weighted by atomic mass is 9.92. The molecule has 0 fully saturated rings. The van der Waals surface area contributed by atoms with Gasteiger partial charge in [0.05, 0.1) is 12.7 Å². The molecule has 0 bridgehead atoms. The Morgan fingerprint density at radius 1 is 1.03 bits per heavy atom. The summed E-state index contributed by atoms with van der Waals surface area (Å²) >= 11 is 1.36. The molecular formula is C27H24N6O2S. The lowest BCUT2D eigenvalue weighted by molar-refractivity contribution is 0.415. The van der Waals surface area contributed by atoms with E-state index in [0.717, 1.165) is 41.6 Å². The van der Waals surface area contributed by atoms with Crippen molar-refractivity contribution in [3.05, 3.63) is 82.1 Å². The van der Waals surface area contributed by atoms with Gasteiger partial charge in [-0.15, -0.1) is 10.2 Å². The van der Waals surface area contributed by atoms with Crippen LogP contribution >= 0.6 is 11.3 Å². The van der Waals surface area contributed by atoms with Gasteiger partial charge in [0.25, 0.3) is 5.56 Å². The van der Waals surface area contributed by atoms with E-state index < -0.39 is 0 Å². The average Bonchev–Trinajstić information content (AvgIpc) is 3.58. The third kappa shape index (κ3) is 3.97. The third-order valence-electron chi connectivity index (χ3n) is 6.42. The van der Waals surface area contributed by atoms with Crippen LogP contribution in [0.3, 0.4) is 0 Å². The van der Waals surface area contributed by atoms with Gasteiger partial charge in [-0.3, -0.25) is 4.79 Å². The third-order valence-corrected chi connectivity index (χ3v) is 7.02. The molecule has 36 heavy (non-hydrogen) atoms. The first-order valence-corrected chi connectivity index (χ1v) is 12.7. The summed E-state index contributed by atoms with van der Waals surface area (Å²) in [5.41, 5.74) is 7.25. The van der Waals surface area contributed by atoms with Crippen LogP contribution in [0.25, 0.3) is 33.6 Å². The molecule has 0 unspecified atom stereocenters. The fraction of sp³-hybridized carbons (Fsp3) is 0.185. The summed E-state index contributed by atoms with van der Waals surface area (Å²) in [5.74, 6) is 1.26. The number of anilines is 2. The van der Waals surface area contributed by atoms with Crippen molar-refractivity contribution in [3.63, 3.8) is 0 Å². The largest absolute Gasteiger partial charge is 0.497 e. The Morgan fingerprint density at radius 3 is 2.56 bits per heavy atom. The average molecular weight is 497 g/mol. The van der Waals surface area contributed by atoms with E-state index >= 15 is 0 Å². The number of aromatic amines is 1. The number of benzene rings is 2. The van der Waals surface area contributed by atoms with Crippen LogP contribution in [-0.4, -0.2) is 31.9 Å². The fourth-order valence-electron chi connectivity index (χ4n) is 4.70. The number of rotatable bonds is 6. The Hall–Kier alpha value is -4.24. The smallest absolute Gasteiger partial charge is 0.284 e. The van der Waals surface area contributed by atoms with Crippen LogP contribution in [0.5, 0.6) is 5.75 Å². The van der Waals surface area contributed by atoms with Crippen molar-refractivity contribution in [3.8, 4) is 28.1 Å². The molecule has 0 saturated carbocycles. The van der Waals surface area contributed by atoms with Crippen LogP contribution in [0.2, 0.25) is 0 Å². The molecule has 180 valence electrons. The quantitative estimate of drug-likeness (QED) is 0.303. The van der Waals surface area contributed by atoms with Crippen molar-refractivity contribution >= 4 is 33.5 Å². The number of nitrogens with zero attached hydrogens (tertiary/aromatic N) is 4. The standard InChI is InChI=1S/C27H24N6O2S/c1-35-20-14-12-18(13-15-20)22-24(30-27-31-28-16-36-27)29-25-21(17-8-4-2-5-9-17)23(32-33(25)26(22)34)19-10-6-3-7-11-19/h3,6-8,10-16,29H,2,4-5,9H2,1H3,(H,30,31). The maximum Gasteiger partial charge on any atom is 0.284 e. The lowest BCUT2D eigenvalue weighted by Gasteiger charge is -2.15. The minimum absolute atomic E-state index is 0.222. The van der Waals surface area contributed by atoms with E-state index in [1.54, 1.807) is 12.6 Å². The number of aromatic nitrogens is 5. The fourth-order valence-corrected chi connectivity index (χ4v) is 5.14. The van der Waals surface area contributed by atoms with Gasteiger partial charge in [-0.25, -0.2) is 0 Å². The Bertz CT molecular complexity index is 1600. The molecule has 0 atom stereocenters. The second-order valence-corrected chi connectivity index (χ2v) is 9.44. The van der Waals surface area contributed by atoms with Crippen molar-refractivity contribution < 1.29 is 4.74 Å². The van der Waals surface area contributed by atoms with E-state index in [-0.39, 0.29) is 5.56 Å². The van der Waals surface area contributed by atoms with Crippen LogP contribution < -0.4 is 15.6 Å². The highest BCUT2D eigenvalue weighted by Gasteiger charge is 2.24. The number of allylic oxidation sites excluding steroid dienone is 2. The van der Waals surface area contributed by atoms with Gasteiger partial charge in [0.1, 0.15) is 28.4 Å². The van der Waals surface area contributed by atoms with E-state index in [4.69, 9.17) is 9.84 Å². The molecule has 3 aromatic heterocycles. The summed E-state index contributed by atoms with van der Waals surface area (Å²) in [6.45, 7) is 0. The minimum Gasteiger partial charge on any atom is -0.497 e. The van der Waals surface area contributed by atoms with Crippen LogP contribution in [0.4, 0.5) is 10.9 Å². The second kappa shape index (κ2) is 9.43. The maximum atomic E-state index is 14.1. The summed E-state index contributed by atoms with van der Waals surface area (Å²) in [5, 5.41) is 16.8. The van der Waals surface area contributed by atoms with E-state index in [9.17, 15) is 4.79 Å². The predicted octanol–water partition coefficient (Wildman–Crippen LogP) is 5.92. The molecule has 6 rings (SSSR count). The van der Waals surface area contributed by atoms with Crippen molar-refractivity contribution in [2.24, 2.45) is 0 Å². The molecule has 3 heterocycles. The first kappa shape index (κ1) is 22.2. The van der Waals surface area contributed by atoms with Gasteiger partial charge in [-0.05, 0) is 49.0 Å². The Morgan fingerprint density at radius 2 is 1.86 bits per heavy atom. The zero-order valence-corrected chi connectivity index (χ0v) is 20.5. The van der Waals surface area contributed by atoms with Crippen LogP contribution in [0.15, 0.2) is 71.0 Å². The second-order valence-electron chi connectivity index (χ2n) is 8.60. The van der Waals surface area contributed by atoms with Crippen LogP contribution in [0, 0.1) is 0 Å². The highest BCUT2D eigenvalue weighted by atomic mass is 32.1. The normalized spacial score (nSPS) is 13.5. The summed E-state index contributed by atoms with van der Waals surface area (Å²) in [6.07, 6.45) is 6.53. The molecule has 0 radical (unpaired) electrons. The van der Waals surface area contributed by atoms with Crippen LogP contribution in [0.1, 0.15) is 31.2 Å². The van der Waals surface area contributed by atoms with Gasteiger partial charge in [0.15, 0.2) is 0 Å². The van der Waals surface area contributed by atoms with Gasteiger partial charge < -0.3 is 15.0 Å². The highest BCUT2D eigenvalue weighted by molar-refractivity contribution is 7.13. The van der Waals surface area contributed by atoms with Gasteiger partial charge >= 0.3 is 0 Å². The zero-order valence-electron chi connectivity index (χ0n) is 19.7. The molecule has 2 aromatic carbocycles. The van der Waals surface area contributed by atoms with Gasteiger partial charge in [0, 0.05) is 11.1 Å². The summed E-state index contributed by atoms with van der Waals surface area (Å²) in [4.78, 5) is 17.6. The van der Waals surface area contributed by atoms with E-state index in [0.29, 0.717) is 27.9 Å². The number of hydrogen-bond acceptors (Lipinski definition) is 7. The molecule has 0 amide bonds. The Labute approximate surface area is 211 Å². The molecule has 0 saturated heterocycles. The molecule has 0 aliphatic heterocycles. The van der Waals surface area contributed by atoms with Gasteiger partial charge in [0.2, 0.25) is 5.13 Å². The molecular weight excluding hydrogens is 472 g/mol. The molecule has 0 spiro atoms.